The minimum atomic E-state index is -0.397. The van der Waals surface area contributed by atoms with Gasteiger partial charge in [-0.1, -0.05) is 40.9 Å². The SMILES string of the molecule is Cc1ccc(Cl)cc1NC(=S)NC(=O)/C=C/c1ccc(-c2cc(Cl)cc(Cl)c2)o1. The highest BCUT2D eigenvalue weighted by molar-refractivity contribution is 7.80. The summed E-state index contributed by atoms with van der Waals surface area (Å²) in [6.07, 6.45) is 2.87. The van der Waals surface area contributed by atoms with Crippen LogP contribution in [0.3, 0.4) is 0 Å². The zero-order valence-electron chi connectivity index (χ0n) is 15.1. The van der Waals surface area contributed by atoms with Crippen molar-refractivity contribution < 1.29 is 9.21 Å². The van der Waals surface area contributed by atoms with Crippen molar-refractivity contribution >= 4 is 69.8 Å². The van der Waals surface area contributed by atoms with Crippen LogP contribution in [-0.2, 0) is 4.79 Å². The van der Waals surface area contributed by atoms with Crippen molar-refractivity contribution in [1.29, 1.82) is 0 Å². The Morgan fingerprint density at radius 3 is 2.45 bits per heavy atom. The number of thiocarbonyl (C=S) groups is 1. The molecule has 1 amide bonds. The zero-order chi connectivity index (χ0) is 21.0. The number of halogens is 3. The Morgan fingerprint density at radius 2 is 1.72 bits per heavy atom. The molecule has 0 atom stereocenters. The summed E-state index contributed by atoms with van der Waals surface area (Å²) in [7, 11) is 0. The number of aryl methyl sites for hydroxylation is 1. The Labute approximate surface area is 188 Å². The second kappa shape index (κ2) is 9.46. The molecule has 0 saturated heterocycles. The first-order valence-electron chi connectivity index (χ1n) is 8.42. The summed E-state index contributed by atoms with van der Waals surface area (Å²) in [5.74, 6) is 0.685. The van der Waals surface area contributed by atoms with E-state index in [1.54, 1.807) is 42.5 Å². The van der Waals surface area contributed by atoms with E-state index in [9.17, 15) is 4.79 Å². The van der Waals surface area contributed by atoms with Gasteiger partial charge in [-0.2, -0.15) is 0 Å². The Kier molecular flexibility index (Phi) is 6.98. The number of amides is 1. The summed E-state index contributed by atoms with van der Waals surface area (Å²) in [6.45, 7) is 1.91. The van der Waals surface area contributed by atoms with Gasteiger partial charge in [-0.15, -0.1) is 0 Å². The number of hydrogen-bond acceptors (Lipinski definition) is 3. The van der Waals surface area contributed by atoms with Crippen molar-refractivity contribution in [2.24, 2.45) is 0 Å². The van der Waals surface area contributed by atoms with E-state index in [0.29, 0.717) is 26.6 Å². The molecule has 0 spiro atoms. The van der Waals surface area contributed by atoms with Crippen LogP contribution in [0.25, 0.3) is 17.4 Å². The van der Waals surface area contributed by atoms with Crippen molar-refractivity contribution in [2.75, 3.05) is 5.32 Å². The third kappa shape index (κ3) is 6.08. The first-order valence-corrected chi connectivity index (χ1v) is 9.97. The van der Waals surface area contributed by atoms with Gasteiger partial charge in [0.2, 0.25) is 5.91 Å². The largest absolute Gasteiger partial charge is 0.457 e. The van der Waals surface area contributed by atoms with Gasteiger partial charge in [0.1, 0.15) is 11.5 Å². The van der Waals surface area contributed by atoms with Crippen LogP contribution >= 0.6 is 47.0 Å². The summed E-state index contributed by atoms with van der Waals surface area (Å²) in [6, 6.07) is 14.0. The predicted molar refractivity (Wildman–Crippen MR) is 124 cm³/mol. The summed E-state index contributed by atoms with van der Waals surface area (Å²) in [5.41, 5.74) is 2.42. The lowest BCUT2D eigenvalue weighted by Crippen LogP contribution is -2.33. The maximum atomic E-state index is 12.1. The van der Waals surface area contributed by atoms with Crippen LogP contribution in [0.1, 0.15) is 11.3 Å². The summed E-state index contributed by atoms with van der Waals surface area (Å²) in [4.78, 5) is 12.1. The molecule has 29 heavy (non-hydrogen) atoms. The van der Waals surface area contributed by atoms with E-state index in [1.807, 2.05) is 13.0 Å². The number of nitrogens with one attached hydrogen (secondary N) is 2. The van der Waals surface area contributed by atoms with Crippen molar-refractivity contribution in [1.82, 2.24) is 5.32 Å². The topological polar surface area (TPSA) is 54.3 Å². The average Bonchev–Trinajstić information content (AvgIpc) is 3.11. The molecule has 0 saturated carbocycles. The number of furan rings is 1. The van der Waals surface area contributed by atoms with Crippen molar-refractivity contribution in [3.05, 3.63) is 81.0 Å². The van der Waals surface area contributed by atoms with E-state index in [0.717, 1.165) is 16.8 Å². The maximum absolute atomic E-state index is 12.1. The van der Waals surface area contributed by atoms with Crippen LogP contribution in [0.5, 0.6) is 0 Å². The molecule has 1 aromatic heterocycles. The fourth-order valence-corrected chi connectivity index (χ4v) is 3.40. The van der Waals surface area contributed by atoms with Crippen molar-refractivity contribution in [3.8, 4) is 11.3 Å². The average molecular weight is 466 g/mol. The number of carbonyl (C=O) groups excluding carboxylic acids is 1. The highest BCUT2D eigenvalue weighted by Gasteiger charge is 2.07. The molecule has 8 heteroatoms. The molecule has 2 aromatic carbocycles. The highest BCUT2D eigenvalue weighted by atomic mass is 35.5. The minimum absolute atomic E-state index is 0.165. The van der Waals surface area contributed by atoms with Crippen LogP contribution < -0.4 is 10.6 Å². The lowest BCUT2D eigenvalue weighted by atomic mass is 10.2. The standard InChI is InChI=1S/C21H15Cl3N2O2S/c1-12-2-3-14(22)11-18(12)25-21(29)26-20(27)7-5-17-4-6-19(28-17)13-8-15(23)10-16(24)9-13/h2-11H,1H3,(H2,25,26,27,29)/b7-5+. The quantitative estimate of drug-likeness (QED) is 0.331. The molecule has 0 aliphatic heterocycles. The molecule has 0 fully saturated rings. The second-order valence-electron chi connectivity index (χ2n) is 6.10. The molecule has 0 bridgehead atoms. The lowest BCUT2D eigenvalue weighted by molar-refractivity contribution is -0.115. The fourth-order valence-electron chi connectivity index (χ4n) is 2.49. The Morgan fingerprint density at radius 1 is 1.00 bits per heavy atom. The summed E-state index contributed by atoms with van der Waals surface area (Å²) >= 11 is 23.2. The third-order valence-corrected chi connectivity index (χ3v) is 4.73. The second-order valence-corrected chi connectivity index (χ2v) is 7.81. The van der Waals surface area contributed by atoms with Gasteiger partial charge in [-0.25, -0.2) is 0 Å². The van der Waals surface area contributed by atoms with Gasteiger partial charge in [0.05, 0.1) is 0 Å². The van der Waals surface area contributed by atoms with E-state index in [4.69, 9.17) is 51.4 Å². The first kappa shape index (κ1) is 21.4. The van der Waals surface area contributed by atoms with Gasteiger partial charge in [0.15, 0.2) is 5.11 Å². The zero-order valence-corrected chi connectivity index (χ0v) is 18.2. The molecule has 0 unspecified atom stereocenters. The molecule has 148 valence electrons. The first-order chi connectivity index (χ1) is 13.8. The molecule has 0 aliphatic rings. The van der Waals surface area contributed by atoms with Gasteiger partial charge in [0.25, 0.3) is 0 Å². The van der Waals surface area contributed by atoms with Crippen LogP contribution in [0.2, 0.25) is 15.1 Å². The third-order valence-electron chi connectivity index (χ3n) is 3.86. The van der Waals surface area contributed by atoms with E-state index >= 15 is 0 Å². The Hall–Kier alpha value is -2.31. The van der Waals surface area contributed by atoms with Crippen LogP contribution in [0.4, 0.5) is 5.69 Å². The molecule has 4 nitrogen and oxygen atoms in total. The summed E-state index contributed by atoms with van der Waals surface area (Å²) in [5, 5.41) is 7.28. The normalized spacial score (nSPS) is 10.9. The molecule has 0 radical (unpaired) electrons. The van der Waals surface area contributed by atoms with Crippen LogP contribution in [0, 0.1) is 6.92 Å². The Balaban J connectivity index is 1.61. The molecule has 2 N–H and O–H groups in total. The number of carbonyl (C=O) groups is 1. The smallest absolute Gasteiger partial charge is 0.250 e. The maximum Gasteiger partial charge on any atom is 0.250 e. The molecule has 3 aromatic rings. The monoisotopic (exact) mass is 464 g/mol. The number of hydrogen-bond donors (Lipinski definition) is 2. The Bertz CT molecular complexity index is 1090. The van der Waals surface area contributed by atoms with Gasteiger partial charge in [0, 0.05) is 32.4 Å². The van der Waals surface area contributed by atoms with Crippen molar-refractivity contribution in [2.45, 2.75) is 6.92 Å². The van der Waals surface area contributed by atoms with E-state index in [-0.39, 0.29) is 5.11 Å². The number of rotatable bonds is 4. The molecule has 1 heterocycles. The summed E-state index contributed by atoms with van der Waals surface area (Å²) < 4.78 is 5.71. The molecular weight excluding hydrogens is 451 g/mol. The minimum Gasteiger partial charge on any atom is -0.457 e. The van der Waals surface area contributed by atoms with Gasteiger partial charge in [-0.3, -0.25) is 10.1 Å². The van der Waals surface area contributed by atoms with E-state index in [1.165, 1.54) is 12.2 Å². The fraction of sp³-hybridized carbons (Fsp3) is 0.0476. The van der Waals surface area contributed by atoms with Crippen molar-refractivity contribution in [3.63, 3.8) is 0 Å². The number of anilines is 1. The van der Waals surface area contributed by atoms with Gasteiger partial charge >= 0.3 is 0 Å². The van der Waals surface area contributed by atoms with Crippen LogP contribution in [0.15, 0.2) is 59.0 Å². The van der Waals surface area contributed by atoms with Gasteiger partial charge < -0.3 is 9.73 Å². The molecule has 3 rings (SSSR count). The predicted octanol–water partition coefficient (Wildman–Crippen LogP) is 6.74. The van der Waals surface area contributed by atoms with E-state index in [2.05, 4.69) is 10.6 Å². The molecule has 0 aliphatic carbocycles. The lowest BCUT2D eigenvalue weighted by Gasteiger charge is -2.11. The number of benzene rings is 2. The van der Waals surface area contributed by atoms with E-state index < -0.39 is 5.91 Å². The van der Waals surface area contributed by atoms with Gasteiger partial charge in [-0.05, 0) is 73.2 Å². The highest BCUT2D eigenvalue weighted by Crippen LogP contribution is 2.29. The van der Waals surface area contributed by atoms with Crippen LogP contribution in [-0.4, -0.2) is 11.0 Å². The molecular formula is C21H15Cl3N2O2S.